The molecule has 0 radical (unpaired) electrons. The molecule has 7 saturated carbocycles. The van der Waals surface area contributed by atoms with Gasteiger partial charge in [0.25, 0.3) is 5.92 Å². The molecule has 6 aromatic rings. The maximum atomic E-state index is 13.3. The highest BCUT2D eigenvalue weighted by molar-refractivity contribution is 5.94. The van der Waals surface area contributed by atoms with Gasteiger partial charge in [-0.2, -0.15) is 33.4 Å². The van der Waals surface area contributed by atoms with Crippen molar-refractivity contribution in [2.24, 2.45) is 39.9 Å². The molecule has 27 heteroatoms. The van der Waals surface area contributed by atoms with Crippen molar-refractivity contribution >= 4 is 70.2 Å². The van der Waals surface area contributed by atoms with Gasteiger partial charge in [0.15, 0.2) is 16.9 Å². The van der Waals surface area contributed by atoms with Gasteiger partial charge in [0.2, 0.25) is 53.3 Å². The molecule has 7 aliphatic carbocycles. The quantitative estimate of drug-likeness (QED) is 0.0964. The molecule has 6 aromatic heterocycles. The van der Waals surface area contributed by atoms with Crippen LogP contribution in [0.5, 0.6) is 0 Å². The van der Waals surface area contributed by atoms with Crippen molar-refractivity contribution in [3.8, 4) is 6.07 Å². The average molecular weight is 1340 g/mol. The van der Waals surface area contributed by atoms with Crippen molar-refractivity contribution in [1.29, 1.82) is 5.26 Å². The van der Waals surface area contributed by atoms with Gasteiger partial charge >= 0.3 is 6.18 Å². The summed E-state index contributed by atoms with van der Waals surface area (Å²) < 4.78 is 69.8. The standard InChI is InChI=1S/C24H29F2N5O2.C23H28F3N5O2.C23H28N6O2/c25-24(26)14-17(24)21(33)30-12-10-23(11-13-30)8-6-15(7-9-23)18-2-1-3-19-27-22(29-31(18)19)28-20(32)16-4-5-16;24-23(25,26)14-19(32)30-12-10-22(11-13-30)8-6-15(7-9-22)17-2-1-3-18-27-21(29-31(17)18)28-20(33)16-4-5-16;24-13-8-20(30)28-14-11-23(12-15-28)9-6-16(7-10-23)18-2-1-3-19-25-22(27-29(18)19)26-21(31)17-4-5-17/h1-3,15-17H,4-14H2,(H,28,29,32);1-3,15-16H,4-14H2,(H,28,29,33);1-3,16-17H,4-12,14-15H2,(H,26,27,31). The average Bonchev–Trinajstić information content (AvgIpc) is 1.76. The summed E-state index contributed by atoms with van der Waals surface area (Å²) in [4.78, 5) is 90.8. The monoisotopic (exact) mass is 1340 g/mol. The largest absolute Gasteiger partial charge is 0.397 e. The minimum absolute atomic E-state index is 0.00212. The molecule has 22 nitrogen and oxygen atoms in total. The number of halogens is 5. The van der Waals surface area contributed by atoms with Gasteiger partial charge in [0.05, 0.1) is 6.07 Å². The number of pyridine rings is 3. The van der Waals surface area contributed by atoms with Gasteiger partial charge in [-0.15, -0.1) is 15.3 Å². The second kappa shape index (κ2) is 26.6. The predicted molar refractivity (Wildman–Crippen MR) is 345 cm³/mol. The first kappa shape index (κ1) is 66.1. The molecule has 9 heterocycles. The lowest BCUT2D eigenvalue weighted by molar-refractivity contribution is -0.163. The van der Waals surface area contributed by atoms with Crippen LogP contribution in [0.25, 0.3) is 16.9 Å². The Morgan fingerprint density at radius 2 is 0.773 bits per heavy atom. The van der Waals surface area contributed by atoms with Gasteiger partial charge in [0, 0.05) is 98.3 Å². The van der Waals surface area contributed by atoms with Crippen molar-refractivity contribution in [3.63, 3.8) is 0 Å². The van der Waals surface area contributed by atoms with Crippen LogP contribution in [0.1, 0.15) is 208 Å². The third kappa shape index (κ3) is 15.0. The molecule has 97 heavy (non-hydrogen) atoms. The summed E-state index contributed by atoms with van der Waals surface area (Å²) >= 11 is 0. The van der Waals surface area contributed by atoms with Gasteiger partial charge < -0.3 is 14.7 Å². The van der Waals surface area contributed by atoms with Crippen LogP contribution in [0.15, 0.2) is 54.6 Å². The molecule has 16 rings (SSSR count). The molecule has 516 valence electrons. The van der Waals surface area contributed by atoms with E-state index in [-0.39, 0.29) is 71.0 Å². The van der Waals surface area contributed by atoms with Crippen molar-refractivity contribution in [2.45, 2.75) is 203 Å². The van der Waals surface area contributed by atoms with Gasteiger partial charge in [-0.1, -0.05) is 18.2 Å². The Morgan fingerprint density at radius 3 is 1.06 bits per heavy atom. The summed E-state index contributed by atoms with van der Waals surface area (Å²) in [5.41, 5.74) is 6.19. The van der Waals surface area contributed by atoms with Crippen LogP contribution < -0.4 is 16.0 Å². The van der Waals surface area contributed by atoms with Crippen molar-refractivity contribution in [3.05, 3.63) is 71.7 Å². The van der Waals surface area contributed by atoms with Crippen molar-refractivity contribution in [1.82, 2.24) is 58.5 Å². The van der Waals surface area contributed by atoms with Gasteiger partial charge in [-0.05, 0) is 207 Å². The number of alkyl halides is 5. The number of anilines is 3. The number of rotatable bonds is 12. The normalized spacial score (nSPS) is 24.2. The second-order valence-corrected chi connectivity index (χ2v) is 29.8. The molecule has 0 bridgehead atoms. The van der Waals surface area contributed by atoms with Crippen LogP contribution in [-0.2, 0) is 28.8 Å². The first-order chi connectivity index (χ1) is 46.6. The Balaban J connectivity index is 0.000000125. The summed E-state index contributed by atoms with van der Waals surface area (Å²) in [5, 5.41) is 31.0. The van der Waals surface area contributed by atoms with E-state index in [0.29, 0.717) is 72.8 Å². The Kier molecular flexibility index (Phi) is 18.1. The number of amides is 6. The summed E-state index contributed by atoms with van der Waals surface area (Å²) in [6.07, 6.45) is 17.4. The van der Waals surface area contributed by atoms with Crippen LogP contribution in [0.4, 0.5) is 39.8 Å². The molecule has 3 spiro atoms. The number of aromatic nitrogens is 9. The van der Waals surface area contributed by atoms with E-state index < -0.39 is 30.3 Å². The van der Waals surface area contributed by atoms with Crippen LogP contribution in [-0.4, -0.2) is 145 Å². The maximum Gasteiger partial charge on any atom is 0.397 e. The Bertz CT molecular complexity index is 3980. The van der Waals surface area contributed by atoms with Crippen LogP contribution >= 0.6 is 0 Å². The highest BCUT2D eigenvalue weighted by atomic mass is 19.4. The number of nitriles is 1. The third-order valence-electron chi connectivity index (χ3n) is 23.3. The molecule has 1 atom stereocenters. The first-order valence-electron chi connectivity index (χ1n) is 35.3. The van der Waals surface area contributed by atoms with E-state index in [0.717, 1.165) is 196 Å². The Morgan fingerprint density at radius 1 is 0.464 bits per heavy atom. The second-order valence-electron chi connectivity index (χ2n) is 29.8. The summed E-state index contributed by atoms with van der Waals surface area (Å²) in [7, 11) is 0. The number of carbonyl (C=O) groups excluding carboxylic acids is 6. The number of nitrogens with one attached hydrogen (secondary N) is 3. The number of hydrogen-bond donors (Lipinski definition) is 3. The highest BCUT2D eigenvalue weighted by Gasteiger charge is 2.62. The van der Waals surface area contributed by atoms with E-state index in [4.69, 9.17) is 5.26 Å². The zero-order valence-corrected chi connectivity index (χ0v) is 54.7. The van der Waals surface area contributed by atoms with E-state index >= 15 is 0 Å². The smallest absolute Gasteiger partial charge is 0.342 e. The van der Waals surface area contributed by atoms with E-state index in [1.165, 1.54) is 4.90 Å². The molecule has 10 fully saturated rings. The summed E-state index contributed by atoms with van der Waals surface area (Å²) in [6.45, 7) is 3.55. The van der Waals surface area contributed by atoms with Gasteiger partial charge in [0.1, 0.15) is 18.8 Å². The topological polar surface area (TPSA) is 263 Å². The molecule has 1 unspecified atom stereocenters. The van der Waals surface area contributed by atoms with E-state index in [1.807, 2.05) is 60.9 Å². The van der Waals surface area contributed by atoms with Crippen molar-refractivity contribution < 1.29 is 50.7 Å². The minimum atomic E-state index is -4.45. The number of likely N-dealkylation sites (tertiary alicyclic amines) is 3. The molecule has 6 amide bonds. The number of fused-ring (bicyclic) bond motifs is 3. The lowest BCUT2D eigenvalue weighted by atomic mass is 9.65. The molecule has 3 saturated heterocycles. The first-order valence-corrected chi connectivity index (χ1v) is 35.3. The molecular formula is C70H85F5N16O6. The number of hydrogen-bond acceptors (Lipinski definition) is 13. The lowest BCUT2D eigenvalue weighted by Gasteiger charge is -2.46. The SMILES string of the molecule is N#CCC(=O)N1CCC2(CCC(c3cccc4nc(NC(=O)C5CC5)nn34)CC2)CC1.O=C(Nc1nc2cccc(C3CCC4(CC3)CCN(C(=O)C3CC3(F)F)CC4)n2n1)C1CC1.O=C(Nc1nc2cccc(C3CCC4(CC3)CCN(C(=O)CC(F)(F)F)CC4)n2n1)C1CC1. The van der Waals surface area contributed by atoms with E-state index in [1.54, 1.807) is 4.90 Å². The lowest BCUT2D eigenvalue weighted by Crippen LogP contribution is -2.45. The molecule has 0 aromatic carbocycles. The fourth-order valence-corrected chi connectivity index (χ4v) is 16.4. The van der Waals surface area contributed by atoms with Crippen molar-refractivity contribution in [2.75, 3.05) is 55.2 Å². The van der Waals surface area contributed by atoms with E-state index in [9.17, 15) is 50.7 Å². The fourth-order valence-electron chi connectivity index (χ4n) is 16.4. The number of nitrogens with zero attached hydrogens (tertiary/aromatic N) is 13. The van der Waals surface area contributed by atoms with Crippen LogP contribution in [0, 0.1) is 51.2 Å². The van der Waals surface area contributed by atoms with Gasteiger partial charge in [-0.3, -0.25) is 44.7 Å². The molecule has 3 aliphatic heterocycles. The zero-order valence-electron chi connectivity index (χ0n) is 54.7. The molecule has 10 aliphatic rings. The fraction of sp³-hybridized carbons (Fsp3) is 0.643. The summed E-state index contributed by atoms with van der Waals surface area (Å²) in [5.74, 6) is -2.57. The minimum Gasteiger partial charge on any atom is -0.342 e. The number of piperidine rings is 3. The Hall–Kier alpha value is -8.18. The zero-order chi connectivity index (χ0) is 67.4. The third-order valence-corrected chi connectivity index (χ3v) is 23.3. The van der Waals surface area contributed by atoms with Crippen LogP contribution in [0.2, 0.25) is 0 Å². The predicted octanol–water partition coefficient (Wildman–Crippen LogP) is 11.6. The molecule has 3 N–H and O–H groups in total. The number of carbonyl (C=O) groups is 6. The van der Waals surface area contributed by atoms with E-state index in [2.05, 4.69) is 64.4 Å². The maximum absolute atomic E-state index is 13.3. The highest BCUT2D eigenvalue weighted by Crippen LogP contribution is 2.54. The van der Waals surface area contributed by atoms with Gasteiger partial charge in [-0.25, -0.2) is 22.3 Å². The Labute approximate surface area is 558 Å². The summed E-state index contributed by atoms with van der Waals surface area (Å²) in [6, 6.07) is 19.9. The molecular weight excluding hydrogens is 1260 g/mol. The van der Waals surface area contributed by atoms with Crippen LogP contribution in [0.3, 0.4) is 0 Å².